The monoisotopic (exact) mass is 622 g/mol. The number of carbonyl (C=O) groups is 3. The Morgan fingerprint density at radius 2 is 1.88 bits per heavy atom. The van der Waals surface area contributed by atoms with Gasteiger partial charge in [-0.2, -0.15) is 0 Å². The summed E-state index contributed by atoms with van der Waals surface area (Å²) in [6.07, 6.45) is 0.163. The molecule has 0 aliphatic heterocycles. The first-order valence-electron chi connectivity index (χ1n) is 13.8. The molecule has 1 aromatic heterocycles. The summed E-state index contributed by atoms with van der Waals surface area (Å²) in [6, 6.07) is 9.43. The first-order valence-corrected chi connectivity index (χ1v) is 16.2. The van der Waals surface area contributed by atoms with Gasteiger partial charge in [0.2, 0.25) is 13.3 Å². The molecule has 2 aromatic carbocycles. The third-order valence-electron chi connectivity index (χ3n) is 7.57. The summed E-state index contributed by atoms with van der Waals surface area (Å²) < 4.78 is 54.4. The standard InChI is InChI=1S/C30H34ClF2N2O6P/c1-4-41-42(39,5-2)17-40-21-9-10-22-25(18(3)36)15-35(27(22)13-21)16-28(37)23-11-20(32)12-24(23)30(38)34-14-19-7-6-8-26(31)29(19)33/h6-10,13,15,20,23-24H,4-5,11-12,14,16-17H2,1-3H3,(H,34,38)/t20-,23?,24+,42?/m0/s1. The molecule has 0 saturated heterocycles. The molecule has 0 radical (unpaired) electrons. The lowest BCUT2D eigenvalue weighted by atomic mass is 9.91. The quantitative estimate of drug-likeness (QED) is 0.171. The van der Waals surface area contributed by atoms with Crippen LogP contribution in [0.1, 0.15) is 49.5 Å². The molecule has 42 heavy (non-hydrogen) atoms. The Labute approximate surface area is 248 Å². The minimum atomic E-state index is -2.98. The van der Waals surface area contributed by atoms with E-state index in [2.05, 4.69) is 5.32 Å². The number of nitrogens with one attached hydrogen (secondary N) is 1. The maximum absolute atomic E-state index is 14.5. The normalized spacial score (nSPS) is 19.9. The SMILES string of the molecule is CCOP(=O)(CC)COc1ccc2c(C(C)=O)cn(CC(=O)C3C[C@H](F)C[C@H]3C(=O)NCc3cccc(Cl)c3F)c2c1. The number of aromatic nitrogens is 1. The molecule has 0 spiro atoms. The summed E-state index contributed by atoms with van der Waals surface area (Å²) in [6.45, 7) is 4.86. The van der Waals surface area contributed by atoms with Crippen molar-refractivity contribution in [1.29, 1.82) is 0 Å². The van der Waals surface area contributed by atoms with Gasteiger partial charge in [0.05, 0.1) is 29.6 Å². The maximum atomic E-state index is 14.5. The molecule has 1 aliphatic carbocycles. The number of halogens is 3. The molecule has 1 amide bonds. The third-order valence-corrected chi connectivity index (χ3v) is 10.1. The van der Waals surface area contributed by atoms with E-state index in [9.17, 15) is 27.7 Å². The number of benzene rings is 2. The number of fused-ring (bicyclic) bond motifs is 1. The van der Waals surface area contributed by atoms with Crippen LogP contribution >= 0.6 is 19.0 Å². The van der Waals surface area contributed by atoms with E-state index >= 15 is 0 Å². The molecule has 1 N–H and O–H groups in total. The minimum absolute atomic E-state index is 0.0782. The van der Waals surface area contributed by atoms with Gasteiger partial charge >= 0.3 is 0 Å². The van der Waals surface area contributed by atoms with Gasteiger partial charge < -0.3 is 19.1 Å². The van der Waals surface area contributed by atoms with Crippen molar-refractivity contribution in [3.8, 4) is 5.75 Å². The zero-order valence-electron chi connectivity index (χ0n) is 23.7. The molecule has 1 aliphatic rings. The number of hydrogen-bond acceptors (Lipinski definition) is 6. The second-order valence-electron chi connectivity index (χ2n) is 10.4. The van der Waals surface area contributed by atoms with Gasteiger partial charge in [0, 0.05) is 47.4 Å². The molecule has 1 fully saturated rings. The van der Waals surface area contributed by atoms with Crippen LogP contribution in [0.2, 0.25) is 5.02 Å². The Balaban J connectivity index is 1.53. The van der Waals surface area contributed by atoms with Gasteiger partial charge in [-0.3, -0.25) is 18.9 Å². The van der Waals surface area contributed by atoms with Gasteiger partial charge in [0.15, 0.2) is 17.9 Å². The maximum Gasteiger partial charge on any atom is 0.239 e. The summed E-state index contributed by atoms with van der Waals surface area (Å²) in [5.74, 6) is -3.21. The minimum Gasteiger partial charge on any atom is -0.483 e. The van der Waals surface area contributed by atoms with Gasteiger partial charge in [0.1, 0.15) is 17.7 Å². The highest BCUT2D eigenvalue weighted by Crippen LogP contribution is 2.46. The summed E-state index contributed by atoms with van der Waals surface area (Å²) in [4.78, 5) is 38.9. The van der Waals surface area contributed by atoms with Crippen molar-refractivity contribution in [3.05, 3.63) is 64.6 Å². The second kappa shape index (κ2) is 13.5. The Bertz CT molecular complexity index is 1540. The van der Waals surface area contributed by atoms with E-state index in [1.807, 2.05) is 0 Å². The van der Waals surface area contributed by atoms with E-state index in [0.29, 0.717) is 28.4 Å². The van der Waals surface area contributed by atoms with E-state index in [4.69, 9.17) is 20.9 Å². The molecule has 0 bridgehead atoms. The van der Waals surface area contributed by atoms with Crippen LogP contribution in [0.4, 0.5) is 8.78 Å². The van der Waals surface area contributed by atoms with Crippen molar-refractivity contribution in [2.45, 2.75) is 52.9 Å². The van der Waals surface area contributed by atoms with Crippen molar-refractivity contribution >= 4 is 47.3 Å². The topological polar surface area (TPSA) is 104 Å². The number of amides is 1. The molecule has 3 aromatic rings. The van der Waals surface area contributed by atoms with Crippen molar-refractivity contribution in [1.82, 2.24) is 9.88 Å². The number of hydrogen-bond donors (Lipinski definition) is 1. The van der Waals surface area contributed by atoms with Crippen LogP contribution in [0, 0.1) is 17.7 Å². The lowest BCUT2D eigenvalue weighted by Crippen LogP contribution is -2.36. The van der Waals surface area contributed by atoms with Crippen LogP contribution < -0.4 is 10.1 Å². The molecule has 226 valence electrons. The largest absolute Gasteiger partial charge is 0.483 e. The van der Waals surface area contributed by atoms with E-state index < -0.39 is 37.1 Å². The molecule has 4 atom stereocenters. The van der Waals surface area contributed by atoms with Crippen LogP contribution in [-0.4, -0.2) is 47.3 Å². The number of carbonyl (C=O) groups excluding carboxylic acids is 3. The number of nitrogens with zero attached hydrogens (tertiary/aromatic N) is 1. The van der Waals surface area contributed by atoms with E-state index in [0.717, 1.165) is 0 Å². The average Bonchev–Trinajstić information content (AvgIpc) is 3.53. The Morgan fingerprint density at radius 1 is 1.14 bits per heavy atom. The van der Waals surface area contributed by atoms with E-state index in [1.165, 1.54) is 19.1 Å². The van der Waals surface area contributed by atoms with Crippen LogP contribution in [0.15, 0.2) is 42.6 Å². The number of ether oxygens (including phenoxy) is 1. The van der Waals surface area contributed by atoms with Crippen LogP contribution in [0.5, 0.6) is 5.75 Å². The zero-order valence-corrected chi connectivity index (χ0v) is 25.4. The fourth-order valence-corrected chi connectivity index (χ4v) is 6.76. The fraction of sp³-hybridized carbons (Fsp3) is 0.433. The van der Waals surface area contributed by atoms with Gasteiger partial charge in [-0.1, -0.05) is 30.7 Å². The highest BCUT2D eigenvalue weighted by Gasteiger charge is 2.42. The first kappa shape index (κ1) is 31.9. The summed E-state index contributed by atoms with van der Waals surface area (Å²) >= 11 is 5.82. The Hall–Kier alpha value is -3.07. The molecule has 1 saturated carbocycles. The first-order chi connectivity index (χ1) is 20.0. The van der Waals surface area contributed by atoms with Crippen LogP contribution in [0.25, 0.3) is 10.9 Å². The van der Waals surface area contributed by atoms with Crippen molar-refractivity contribution in [2.75, 3.05) is 19.1 Å². The Morgan fingerprint density at radius 3 is 2.57 bits per heavy atom. The van der Waals surface area contributed by atoms with Crippen LogP contribution in [-0.2, 0) is 31.8 Å². The van der Waals surface area contributed by atoms with Crippen LogP contribution in [0.3, 0.4) is 0 Å². The van der Waals surface area contributed by atoms with Gasteiger partial charge in [-0.15, -0.1) is 0 Å². The Kier molecular flexibility index (Phi) is 10.2. The lowest BCUT2D eigenvalue weighted by molar-refractivity contribution is -0.132. The zero-order chi connectivity index (χ0) is 30.6. The number of Topliss-reactive ketones (excluding diaryl/α,β-unsaturated/α-hetero) is 2. The molecular weight excluding hydrogens is 589 g/mol. The number of alkyl halides is 1. The predicted octanol–water partition coefficient (Wildman–Crippen LogP) is 6.56. The summed E-state index contributed by atoms with van der Waals surface area (Å²) in [5.41, 5.74) is 1.10. The summed E-state index contributed by atoms with van der Waals surface area (Å²) in [5, 5.41) is 3.13. The van der Waals surface area contributed by atoms with Crippen molar-refractivity contribution < 1.29 is 37.0 Å². The van der Waals surface area contributed by atoms with Gasteiger partial charge in [0.25, 0.3) is 0 Å². The summed E-state index contributed by atoms with van der Waals surface area (Å²) in [7, 11) is -2.98. The lowest BCUT2D eigenvalue weighted by Gasteiger charge is -2.19. The molecule has 12 heteroatoms. The fourth-order valence-electron chi connectivity index (χ4n) is 5.31. The average molecular weight is 623 g/mol. The highest BCUT2D eigenvalue weighted by atomic mass is 35.5. The van der Waals surface area contributed by atoms with E-state index in [-0.39, 0.29) is 61.0 Å². The molecule has 2 unspecified atom stereocenters. The molecular formula is C30H34ClF2N2O6P. The number of rotatable bonds is 13. The number of ketones is 2. The van der Waals surface area contributed by atoms with Gasteiger partial charge in [-0.05, 0) is 44.9 Å². The van der Waals surface area contributed by atoms with Crippen molar-refractivity contribution in [3.63, 3.8) is 0 Å². The third kappa shape index (κ3) is 7.10. The smallest absolute Gasteiger partial charge is 0.239 e. The van der Waals surface area contributed by atoms with Crippen molar-refractivity contribution in [2.24, 2.45) is 11.8 Å². The highest BCUT2D eigenvalue weighted by molar-refractivity contribution is 7.58. The molecule has 8 nitrogen and oxygen atoms in total. The molecule has 4 rings (SSSR count). The second-order valence-corrected chi connectivity index (χ2v) is 13.6. The predicted molar refractivity (Wildman–Crippen MR) is 157 cm³/mol. The van der Waals surface area contributed by atoms with E-state index in [1.54, 1.807) is 48.9 Å². The molecule has 1 heterocycles. The van der Waals surface area contributed by atoms with Gasteiger partial charge in [-0.25, -0.2) is 8.78 Å².